The molecule has 0 saturated heterocycles. The molecule has 1 N–H and O–H groups in total. The van der Waals surface area contributed by atoms with E-state index in [0.717, 1.165) is 41.2 Å². The van der Waals surface area contributed by atoms with Gasteiger partial charge in [-0.25, -0.2) is 4.98 Å². The molecule has 0 aliphatic rings. The van der Waals surface area contributed by atoms with Crippen LogP contribution in [0.2, 0.25) is 0 Å². The molecule has 0 bridgehead atoms. The molecular formula is C23H28N2S. The molecule has 2 rings (SSSR count). The summed E-state index contributed by atoms with van der Waals surface area (Å²) in [5, 5.41) is 4.52. The van der Waals surface area contributed by atoms with Crippen LogP contribution in [-0.4, -0.2) is 11.5 Å². The number of rotatable bonds is 9. The Bertz CT molecular complexity index is 817. The maximum absolute atomic E-state index is 4.70. The fraction of sp³-hybridized carbons (Fsp3) is 0.261. The van der Waals surface area contributed by atoms with E-state index in [-0.39, 0.29) is 0 Å². The number of para-hydroxylation sites is 1. The zero-order valence-corrected chi connectivity index (χ0v) is 16.8. The maximum Gasteiger partial charge on any atom is 0.120 e. The summed E-state index contributed by atoms with van der Waals surface area (Å²) in [6.45, 7) is 11.1. The first-order valence-corrected chi connectivity index (χ1v) is 9.89. The van der Waals surface area contributed by atoms with Crippen molar-refractivity contribution in [2.24, 2.45) is 0 Å². The zero-order chi connectivity index (χ0) is 18.8. The number of hydrogen-bond donors (Lipinski definition) is 1. The predicted octanol–water partition coefficient (Wildman–Crippen LogP) is 6.66. The van der Waals surface area contributed by atoms with Crippen LogP contribution in [0.3, 0.4) is 0 Å². The van der Waals surface area contributed by atoms with Crippen molar-refractivity contribution in [1.29, 1.82) is 0 Å². The highest BCUT2D eigenvalue weighted by Crippen LogP contribution is 2.26. The van der Waals surface area contributed by atoms with E-state index < -0.39 is 0 Å². The van der Waals surface area contributed by atoms with Gasteiger partial charge in [0.15, 0.2) is 0 Å². The lowest BCUT2D eigenvalue weighted by molar-refractivity contribution is 0.872. The molecule has 26 heavy (non-hydrogen) atoms. The fourth-order valence-corrected chi connectivity index (χ4v) is 3.38. The van der Waals surface area contributed by atoms with Crippen molar-refractivity contribution in [3.05, 3.63) is 83.6 Å². The van der Waals surface area contributed by atoms with Gasteiger partial charge < -0.3 is 5.32 Å². The number of allylic oxidation sites excluding steroid dienone is 7. The summed E-state index contributed by atoms with van der Waals surface area (Å²) in [6, 6.07) is 8.25. The average Bonchev–Trinajstić information content (AvgIpc) is 3.10. The van der Waals surface area contributed by atoms with E-state index >= 15 is 0 Å². The summed E-state index contributed by atoms with van der Waals surface area (Å²) in [5.41, 5.74) is 4.60. The van der Waals surface area contributed by atoms with E-state index in [9.17, 15) is 0 Å². The number of nitrogens with one attached hydrogen (secondary N) is 1. The summed E-state index contributed by atoms with van der Waals surface area (Å²) in [4.78, 5) is 4.70. The Labute approximate surface area is 161 Å². The number of benzene rings is 1. The lowest BCUT2D eigenvalue weighted by Gasteiger charge is -2.09. The minimum atomic E-state index is 0.830. The van der Waals surface area contributed by atoms with Crippen LogP contribution in [0.1, 0.15) is 38.6 Å². The van der Waals surface area contributed by atoms with E-state index in [4.69, 9.17) is 4.98 Å². The Kier molecular flexibility index (Phi) is 8.10. The molecule has 1 aromatic carbocycles. The van der Waals surface area contributed by atoms with Crippen LogP contribution < -0.4 is 5.32 Å². The standard InChI is InChI=1S/C23H28N2S/c1-5-8-9-12-19(6-2)17-24-20(7-3)16-15-18(4)23-25-21-13-10-11-14-22(21)26-23/h6-11,13-16,24H,3,5,12,17H2,1-2,4H3/b9-8-,18-15+,19-6+,20-16+. The summed E-state index contributed by atoms with van der Waals surface area (Å²) in [5.74, 6) is 0. The van der Waals surface area contributed by atoms with Crippen LogP contribution >= 0.6 is 11.3 Å². The summed E-state index contributed by atoms with van der Waals surface area (Å²) >= 11 is 1.73. The van der Waals surface area contributed by atoms with Crippen molar-refractivity contribution >= 4 is 27.1 Å². The van der Waals surface area contributed by atoms with Crippen molar-refractivity contribution in [1.82, 2.24) is 10.3 Å². The molecule has 1 heterocycles. The quantitative estimate of drug-likeness (QED) is 0.397. The highest BCUT2D eigenvalue weighted by Gasteiger charge is 2.04. The third-order valence-electron chi connectivity index (χ3n) is 4.07. The third kappa shape index (κ3) is 5.85. The first kappa shape index (κ1) is 19.9. The Morgan fingerprint density at radius 3 is 2.73 bits per heavy atom. The van der Waals surface area contributed by atoms with E-state index in [1.807, 2.05) is 12.1 Å². The second kappa shape index (κ2) is 10.6. The van der Waals surface area contributed by atoms with Gasteiger partial charge in [-0.1, -0.05) is 55.5 Å². The van der Waals surface area contributed by atoms with Gasteiger partial charge in [-0.05, 0) is 56.5 Å². The maximum atomic E-state index is 4.70. The van der Waals surface area contributed by atoms with Crippen LogP contribution in [0.25, 0.3) is 15.8 Å². The van der Waals surface area contributed by atoms with Crippen LogP contribution in [0.4, 0.5) is 0 Å². The lowest BCUT2D eigenvalue weighted by Crippen LogP contribution is -2.15. The molecule has 0 amide bonds. The van der Waals surface area contributed by atoms with Gasteiger partial charge in [-0.2, -0.15) is 0 Å². The Balaban J connectivity index is 2.03. The minimum Gasteiger partial charge on any atom is -0.381 e. The van der Waals surface area contributed by atoms with Crippen LogP contribution in [0.15, 0.2) is 78.6 Å². The Morgan fingerprint density at radius 1 is 1.23 bits per heavy atom. The first-order valence-electron chi connectivity index (χ1n) is 9.07. The van der Waals surface area contributed by atoms with Gasteiger partial charge in [0.1, 0.15) is 5.01 Å². The number of hydrogen-bond acceptors (Lipinski definition) is 3. The summed E-state index contributed by atoms with van der Waals surface area (Å²) in [6.07, 6.45) is 14.7. The van der Waals surface area contributed by atoms with Gasteiger partial charge in [-0.3, -0.25) is 0 Å². The second-order valence-corrected chi connectivity index (χ2v) is 7.08. The van der Waals surface area contributed by atoms with Gasteiger partial charge in [0.25, 0.3) is 0 Å². The number of fused-ring (bicyclic) bond motifs is 1. The van der Waals surface area contributed by atoms with Crippen molar-refractivity contribution in [3.8, 4) is 0 Å². The molecule has 0 saturated carbocycles. The molecule has 2 nitrogen and oxygen atoms in total. The van der Waals surface area contributed by atoms with E-state index in [1.165, 1.54) is 10.3 Å². The number of aromatic nitrogens is 1. The smallest absolute Gasteiger partial charge is 0.120 e. The van der Waals surface area contributed by atoms with Gasteiger partial charge in [-0.15, -0.1) is 11.3 Å². The van der Waals surface area contributed by atoms with Crippen LogP contribution in [0.5, 0.6) is 0 Å². The van der Waals surface area contributed by atoms with Gasteiger partial charge in [0, 0.05) is 12.2 Å². The lowest BCUT2D eigenvalue weighted by atomic mass is 10.1. The molecule has 2 aromatic rings. The van der Waals surface area contributed by atoms with Gasteiger partial charge in [0.05, 0.1) is 10.2 Å². The normalized spacial score (nSPS) is 13.6. The molecule has 0 unspecified atom stereocenters. The highest BCUT2D eigenvalue weighted by atomic mass is 32.1. The fourth-order valence-electron chi connectivity index (χ4n) is 2.44. The highest BCUT2D eigenvalue weighted by molar-refractivity contribution is 7.19. The third-order valence-corrected chi connectivity index (χ3v) is 5.25. The van der Waals surface area contributed by atoms with Gasteiger partial charge >= 0.3 is 0 Å². The molecule has 0 aliphatic heterocycles. The van der Waals surface area contributed by atoms with Crippen molar-refractivity contribution < 1.29 is 0 Å². The van der Waals surface area contributed by atoms with Gasteiger partial charge in [0.2, 0.25) is 0 Å². The van der Waals surface area contributed by atoms with Crippen LogP contribution in [-0.2, 0) is 0 Å². The average molecular weight is 365 g/mol. The molecule has 0 atom stereocenters. The van der Waals surface area contributed by atoms with Crippen molar-refractivity contribution in [3.63, 3.8) is 0 Å². The van der Waals surface area contributed by atoms with E-state index in [1.54, 1.807) is 11.3 Å². The predicted molar refractivity (Wildman–Crippen MR) is 117 cm³/mol. The monoisotopic (exact) mass is 364 g/mol. The Morgan fingerprint density at radius 2 is 2.04 bits per heavy atom. The largest absolute Gasteiger partial charge is 0.381 e. The molecule has 1 aromatic heterocycles. The molecule has 136 valence electrons. The van der Waals surface area contributed by atoms with Crippen molar-refractivity contribution in [2.75, 3.05) is 6.54 Å². The summed E-state index contributed by atoms with van der Waals surface area (Å²) < 4.78 is 1.22. The van der Waals surface area contributed by atoms with Crippen molar-refractivity contribution in [2.45, 2.75) is 33.6 Å². The number of nitrogens with zero attached hydrogens (tertiary/aromatic N) is 1. The molecule has 3 heteroatoms. The minimum absolute atomic E-state index is 0.830. The second-order valence-electron chi connectivity index (χ2n) is 6.05. The molecular weight excluding hydrogens is 336 g/mol. The molecule has 0 fully saturated rings. The number of thiazole rings is 1. The summed E-state index contributed by atoms with van der Waals surface area (Å²) in [7, 11) is 0. The topological polar surface area (TPSA) is 24.9 Å². The molecule has 0 spiro atoms. The van der Waals surface area contributed by atoms with Crippen LogP contribution in [0, 0.1) is 0 Å². The van der Waals surface area contributed by atoms with E-state index in [2.05, 4.69) is 81.2 Å². The SMILES string of the molecule is C=C/C(=C\C=C(/C)c1nc2ccccc2s1)NC/C(=C/C)C/C=C\CC. The first-order chi connectivity index (χ1) is 12.7. The zero-order valence-electron chi connectivity index (χ0n) is 16.0. The molecule has 0 radical (unpaired) electrons. The van der Waals surface area contributed by atoms with E-state index in [0.29, 0.717) is 0 Å². The molecule has 0 aliphatic carbocycles. The Hall–Kier alpha value is -2.39.